The van der Waals surface area contributed by atoms with Gasteiger partial charge in [0.25, 0.3) is 5.91 Å². The highest BCUT2D eigenvalue weighted by Gasteiger charge is 2.29. The largest absolute Gasteiger partial charge is 0.483 e. The van der Waals surface area contributed by atoms with Crippen molar-refractivity contribution >= 4 is 27.7 Å². The van der Waals surface area contributed by atoms with Crippen molar-refractivity contribution in [2.24, 2.45) is 0 Å². The zero-order chi connectivity index (χ0) is 25.5. The highest BCUT2D eigenvalue weighted by molar-refractivity contribution is 9.10. The predicted molar refractivity (Wildman–Crippen MR) is 137 cm³/mol. The maximum Gasteiger partial charge on any atom is 0.261 e. The number of rotatable bonds is 10. The minimum atomic E-state index is -0.665. The van der Waals surface area contributed by atoms with E-state index >= 15 is 0 Å². The van der Waals surface area contributed by atoms with Crippen molar-refractivity contribution in [1.82, 2.24) is 10.2 Å². The van der Waals surface area contributed by atoms with Crippen LogP contribution in [0.3, 0.4) is 0 Å². The van der Waals surface area contributed by atoms with Gasteiger partial charge in [-0.25, -0.2) is 4.39 Å². The number of benzene rings is 2. The molecule has 2 atom stereocenters. The Balaban J connectivity index is 2.24. The SMILES string of the molecule is CC[C@@H](C)NC(=O)[C@H](CC)N(Cc1ccc(F)cc1)C(=O)COc1ccc(C(C)(C)C)cc1Br. The summed E-state index contributed by atoms with van der Waals surface area (Å²) in [6.45, 7) is 12.1. The van der Waals surface area contributed by atoms with Crippen molar-refractivity contribution in [3.63, 3.8) is 0 Å². The Morgan fingerprint density at radius 3 is 2.26 bits per heavy atom. The lowest BCUT2D eigenvalue weighted by Gasteiger charge is -2.31. The Hall–Kier alpha value is -2.41. The number of hydrogen-bond donors (Lipinski definition) is 1. The van der Waals surface area contributed by atoms with Crippen molar-refractivity contribution in [3.05, 3.63) is 63.9 Å². The number of ether oxygens (including phenoxy) is 1. The number of carbonyl (C=O) groups excluding carboxylic acids is 2. The summed E-state index contributed by atoms with van der Waals surface area (Å²) in [5, 5.41) is 2.97. The van der Waals surface area contributed by atoms with Crippen LogP contribution < -0.4 is 10.1 Å². The lowest BCUT2D eigenvalue weighted by Crippen LogP contribution is -2.51. The molecule has 0 saturated heterocycles. The van der Waals surface area contributed by atoms with Gasteiger partial charge in [0.2, 0.25) is 5.91 Å². The highest BCUT2D eigenvalue weighted by atomic mass is 79.9. The molecule has 34 heavy (non-hydrogen) atoms. The van der Waals surface area contributed by atoms with Crippen LogP contribution in [0.5, 0.6) is 5.75 Å². The van der Waals surface area contributed by atoms with Crippen LogP contribution in [0.4, 0.5) is 4.39 Å². The molecule has 0 spiro atoms. The molecular weight excluding hydrogens is 499 g/mol. The molecule has 0 aliphatic carbocycles. The van der Waals surface area contributed by atoms with Gasteiger partial charge in [-0.2, -0.15) is 0 Å². The topological polar surface area (TPSA) is 58.6 Å². The molecule has 0 unspecified atom stereocenters. The monoisotopic (exact) mass is 534 g/mol. The Morgan fingerprint density at radius 2 is 1.74 bits per heavy atom. The third-order valence-corrected chi connectivity index (χ3v) is 6.42. The minimum absolute atomic E-state index is 0.00198. The van der Waals surface area contributed by atoms with E-state index in [1.165, 1.54) is 17.0 Å². The molecule has 0 saturated carbocycles. The first-order valence-electron chi connectivity index (χ1n) is 11.7. The molecule has 2 aromatic rings. The fourth-order valence-corrected chi connectivity index (χ4v) is 3.95. The summed E-state index contributed by atoms with van der Waals surface area (Å²) in [4.78, 5) is 27.8. The number of nitrogens with one attached hydrogen (secondary N) is 1. The van der Waals surface area contributed by atoms with Gasteiger partial charge in [-0.15, -0.1) is 0 Å². The van der Waals surface area contributed by atoms with E-state index in [-0.39, 0.29) is 42.2 Å². The number of carbonyl (C=O) groups is 2. The second kappa shape index (κ2) is 12.3. The average molecular weight is 535 g/mol. The maximum absolute atomic E-state index is 13.4. The third kappa shape index (κ3) is 7.83. The van der Waals surface area contributed by atoms with Gasteiger partial charge in [0, 0.05) is 12.6 Å². The first kappa shape index (κ1) is 27.8. The molecular formula is C27H36BrFN2O3. The van der Waals surface area contributed by atoms with Gasteiger partial charge >= 0.3 is 0 Å². The van der Waals surface area contributed by atoms with E-state index in [0.29, 0.717) is 12.2 Å². The summed E-state index contributed by atoms with van der Waals surface area (Å²) in [5.41, 5.74) is 1.86. The van der Waals surface area contributed by atoms with E-state index in [1.807, 2.05) is 39.0 Å². The van der Waals surface area contributed by atoms with Crippen molar-refractivity contribution in [2.75, 3.05) is 6.61 Å². The molecule has 0 radical (unpaired) electrons. The van der Waals surface area contributed by atoms with E-state index in [0.717, 1.165) is 22.0 Å². The summed E-state index contributed by atoms with van der Waals surface area (Å²) in [6.07, 6.45) is 1.23. The Labute approximate surface area is 211 Å². The second-order valence-corrected chi connectivity index (χ2v) is 10.4. The Kier molecular flexibility index (Phi) is 10.1. The highest BCUT2D eigenvalue weighted by Crippen LogP contribution is 2.31. The predicted octanol–water partition coefficient (Wildman–Crippen LogP) is 5.99. The van der Waals surface area contributed by atoms with Crippen LogP contribution in [0.15, 0.2) is 46.9 Å². The van der Waals surface area contributed by atoms with Gasteiger partial charge in [0.15, 0.2) is 6.61 Å². The van der Waals surface area contributed by atoms with Crippen LogP contribution in [0.1, 0.15) is 65.5 Å². The molecule has 7 heteroatoms. The molecule has 0 heterocycles. The summed E-state index contributed by atoms with van der Waals surface area (Å²) in [6, 6.07) is 11.1. The molecule has 0 aliphatic heterocycles. The molecule has 0 bridgehead atoms. The summed E-state index contributed by atoms with van der Waals surface area (Å²) < 4.78 is 20.0. The van der Waals surface area contributed by atoms with Crippen molar-refractivity contribution in [3.8, 4) is 5.75 Å². The normalized spacial score (nSPS) is 13.2. The van der Waals surface area contributed by atoms with E-state index in [2.05, 4.69) is 42.0 Å². The zero-order valence-corrected chi connectivity index (χ0v) is 22.5. The molecule has 0 fully saturated rings. The average Bonchev–Trinajstić information content (AvgIpc) is 2.78. The minimum Gasteiger partial charge on any atom is -0.483 e. The van der Waals surface area contributed by atoms with Crippen molar-refractivity contribution in [2.45, 2.75) is 78.4 Å². The Bertz CT molecular complexity index is 973. The number of halogens is 2. The van der Waals surface area contributed by atoms with Crippen molar-refractivity contribution in [1.29, 1.82) is 0 Å². The van der Waals surface area contributed by atoms with Gasteiger partial charge in [0.05, 0.1) is 4.47 Å². The molecule has 2 rings (SSSR count). The summed E-state index contributed by atoms with van der Waals surface area (Å²) in [7, 11) is 0. The lowest BCUT2D eigenvalue weighted by atomic mass is 9.87. The molecule has 2 aromatic carbocycles. The van der Waals surface area contributed by atoms with Gasteiger partial charge < -0.3 is 15.0 Å². The first-order valence-corrected chi connectivity index (χ1v) is 12.5. The first-order chi connectivity index (χ1) is 16.0. The smallest absolute Gasteiger partial charge is 0.261 e. The number of amides is 2. The molecule has 186 valence electrons. The standard InChI is InChI=1S/C27H36BrFN2O3/c1-7-18(3)30-26(33)23(8-2)31(16-19-9-12-21(29)13-10-19)25(32)17-34-24-14-11-20(15-22(24)28)27(4,5)6/h9-15,18,23H,7-8,16-17H2,1-6H3,(H,30,33)/t18-,23+/m1/s1. The molecule has 0 aromatic heterocycles. The zero-order valence-electron chi connectivity index (χ0n) is 21.0. The Morgan fingerprint density at radius 1 is 1.09 bits per heavy atom. The maximum atomic E-state index is 13.4. The fraction of sp³-hybridized carbons (Fsp3) is 0.481. The second-order valence-electron chi connectivity index (χ2n) is 9.57. The van der Waals surface area contributed by atoms with E-state index in [1.54, 1.807) is 12.1 Å². The van der Waals surface area contributed by atoms with Crippen molar-refractivity contribution < 1.29 is 18.7 Å². The fourth-order valence-electron chi connectivity index (χ4n) is 3.45. The van der Waals surface area contributed by atoms with E-state index in [9.17, 15) is 14.0 Å². The third-order valence-electron chi connectivity index (χ3n) is 5.80. The van der Waals surface area contributed by atoms with Crippen LogP contribution in [-0.4, -0.2) is 35.4 Å². The number of hydrogen-bond acceptors (Lipinski definition) is 3. The van der Waals surface area contributed by atoms with Crippen LogP contribution in [-0.2, 0) is 21.5 Å². The molecule has 2 amide bonds. The van der Waals surface area contributed by atoms with Crippen LogP contribution in [0, 0.1) is 5.82 Å². The molecule has 1 N–H and O–H groups in total. The van der Waals surface area contributed by atoms with Gasteiger partial charge in [-0.3, -0.25) is 9.59 Å². The van der Waals surface area contributed by atoms with E-state index in [4.69, 9.17) is 4.74 Å². The lowest BCUT2D eigenvalue weighted by molar-refractivity contribution is -0.143. The molecule has 5 nitrogen and oxygen atoms in total. The van der Waals surface area contributed by atoms with E-state index < -0.39 is 6.04 Å². The van der Waals surface area contributed by atoms with Crippen LogP contribution >= 0.6 is 15.9 Å². The summed E-state index contributed by atoms with van der Waals surface area (Å²) >= 11 is 3.54. The van der Waals surface area contributed by atoms with Gasteiger partial charge in [-0.1, -0.05) is 52.8 Å². The molecule has 0 aliphatic rings. The number of nitrogens with zero attached hydrogens (tertiary/aromatic N) is 1. The van der Waals surface area contributed by atoms with Gasteiger partial charge in [-0.05, 0) is 76.5 Å². The van der Waals surface area contributed by atoms with Gasteiger partial charge in [0.1, 0.15) is 17.6 Å². The summed E-state index contributed by atoms with van der Waals surface area (Å²) in [5.74, 6) is -0.319. The van der Waals surface area contributed by atoms with Crippen LogP contribution in [0.25, 0.3) is 0 Å². The quantitative estimate of drug-likeness (QED) is 0.407. The van der Waals surface area contributed by atoms with Crippen LogP contribution in [0.2, 0.25) is 0 Å².